The molecule has 0 bridgehead atoms. The number of hydrogen-bond acceptors (Lipinski definition) is 3. The van der Waals surface area contributed by atoms with Gasteiger partial charge in [0.1, 0.15) is 6.54 Å². The molecule has 1 aromatic carbocycles. The highest BCUT2D eigenvalue weighted by molar-refractivity contribution is 6.10. The van der Waals surface area contributed by atoms with Crippen LogP contribution in [0.1, 0.15) is 64.2 Å². The van der Waals surface area contributed by atoms with Crippen LogP contribution in [0.3, 0.4) is 0 Å². The summed E-state index contributed by atoms with van der Waals surface area (Å²) in [7, 11) is 1.37. The first-order chi connectivity index (χ1) is 16.7. The first-order valence-electron chi connectivity index (χ1n) is 11.8. The molecule has 0 radical (unpaired) electrons. The van der Waals surface area contributed by atoms with Crippen molar-refractivity contribution >= 4 is 17.2 Å². The lowest BCUT2D eigenvalue weighted by atomic mass is 10.0. The summed E-state index contributed by atoms with van der Waals surface area (Å²) in [5.74, 6) is -0.863. The quantitative estimate of drug-likeness (QED) is 0.324. The molecular formula is C27H31F3N2O3. The fourth-order valence-electron chi connectivity index (χ4n) is 4.06. The predicted molar refractivity (Wildman–Crippen MR) is 129 cm³/mol. The van der Waals surface area contributed by atoms with Gasteiger partial charge in [0, 0.05) is 36.5 Å². The highest BCUT2D eigenvalue weighted by Gasteiger charge is 2.33. The Labute approximate surface area is 203 Å². The van der Waals surface area contributed by atoms with E-state index in [4.69, 9.17) is 4.74 Å². The van der Waals surface area contributed by atoms with Crippen LogP contribution in [0.2, 0.25) is 0 Å². The lowest BCUT2D eigenvalue weighted by Gasteiger charge is -2.23. The molecule has 0 fully saturated rings. The molecule has 1 amide bonds. The van der Waals surface area contributed by atoms with Crippen LogP contribution in [0.4, 0.5) is 13.2 Å². The van der Waals surface area contributed by atoms with Crippen LogP contribution in [-0.2, 0) is 17.6 Å². The van der Waals surface area contributed by atoms with E-state index in [-0.39, 0.29) is 24.5 Å². The van der Waals surface area contributed by atoms with Crippen molar-refractivity contribution in [1.29, 1.82) is 0 Å². The molecule has 0 N–H and O–H groups in total. The molecule has 2 heterocycles. The number of hydrogen-bond donors (Lipinski definition) is 0. The zero-order chi connectivity index (χ0) is 25.6. The van der Waals surface area contributed by atoms with Crippen molar-refractivity contribution in [3.63, 3.8) is 0 Å². The fourth-order valence-corrected chi connectivity index (χ4v) is 4.06. The monoisotopic (exact) mass is 488 g/mol. The Morgan fingerprint density at radius 3 is 2.34 bits per heavy atom. The molecule has 0 aliphatic carbocycles. The minimum atomic E-state index is -4.53. The summed E-state index contributed by atoms with van der Waals surface area (Å²) in [5, 5.41) is 0. The number of amides is 1. The molecule has 0 atom stereocenters. The minimum Gasteiger partial charge on any atom is -0.383 e. The standard InChI is InChI=1S/C27H31F3N2O3/c1-4-6-7-21-16-23-17-22(26(34)31(14-15-35-3)18-27(28,29)30)12-13-32(23)24(21)25(33)20-10-8-19(5-2)9-11-20/h8-13,16-17H,4-7,14-15,18H2,1-3H3. The molecule has 0 spiro atoms. The number of alkyl halides is 3. The number of unbranched alkanes of at least 4 members (excludes halogenated alkanes) is 1. The summed E-state index contributed by atoms with van der Waals surface area (Å²) in [5.41, 5.74) is 3.79. The largest absolute Gasteiger partial charge is 0.406 e. The van der Waals surface area contributed by atoms with E-state index in [1.54, 1.807) is 16.7 Å². The summed E-state index contributed by atoms with van der Waals surface area (Å²) < 4.78 is 45.8. The molecule has 5 nitrogen and oxygen atoms in total. The van der Waals surface area contributed by atoms with Crippen molar-refractivity contribution in [3.05, 3.63) is 76.6 Å². The van der Waals surface area contributed by atoms with Crippen LogP contribution >= 0.6 is 0 Å². The third-order valence-corrected chi connectivity index (χ3v) is 5.96. The summed E-state index contributed by atoms with van der Waals surface area (Å²) in [4.78, 5) is 27.2. The van der Waals surface area contributed by atoms with Gasteiger partial charge in [-0.1, -0.05) is 44.5 Å². The number of carbonyl (C=O) groups excluding carboxylic acids is 2. The Balaban J connectivity index is 2.01. The molecule has 0 saturated heterocycles. The summed E-state index contributed by atoms with van der Waals surface area (Å²) >= 11 is 0. The van der Waals surface area contributed by atoms with Gasteiger partial charge in [0.25, 0.3) is 5.91 Å². The average molecular weight is 489 g/mol. The Bertz CT molecular complexity index is 1170. The van der Waals surface area contributed by atoms with Gasteiger partial charge < -0.3 is 14.0 Å². The van der Waals surface area contributed by atoms with Crippen LogP contribution < -0.4 is 0 Å². The number of ketones is 1. The van der Waals surface area contributed by atoms with E-state index in [2.05, 4.69) is 6.92 Å². The molecule has 0 aliphatic heterocycles. The van der Waals surface area contributed by atoms with Crippen molar-refractivity contribution < 1.29 is 27.5 Å². The molecule has 2 aromatic heterocycles. The van der Waals surface area contributed by atoms with Crippen molar-refractivity contribution in [1.82, 2.24) is 9.30 Å². The first kappa shape index (κ1) is 26.5. The van der Waals surface area contributed by atoms with Gasteiger partial charge in [0.2, 0.25) is 5.78 Å². The number of pyridine rings is 1. The highest BCUT2D eigenvalue weighted by Crippen LogP contribution is 2.25. The van der Waals surface area contributed by atoms with Gasteiger partial charge in [0.15, 0.2) is 0 Å². The molecule has 0 unspecified atom stereocenters. The number of methoxy groups -OCH3 is 1. The molecule has 0 saturated carbocycles. The summed E-state index contributed by atoms with van der Waals surface area (Å²) in [6, 6.07) is 12.3. The molecule has 0 aliphatic rings. The van der Waals surface area contributed by atoms with Gasteiger partial charge in [0.05, 0.1) is 12.3 Å². The number of aromatic nitrogens is 1. The topological polar surface area (TPSA) is 51.0 Å². The van der Waals surface area contributed by atoms with Crippen molar-refractivity contribution in [3.8, 4) is 0 Å². The van der Waals surface area contributed by atoms with Crippen molar-refractivity contribution in [2.75, 3.05) is 26.8 Å². The van der Waals surface area contributed by atoms with Gasteiger partial charge >= 0.3 is 6.18 Å². The number of carbonyl (C=O) groups is 2. The molecular weight excluding hydrogens is 457 g/mol. The maximum Gasteiger partial charge on any atom is 0.406 e. The number of rotatable bonds is 11. The fraction of sp³-hybridized carbons (Fsp3) is 0.407. The van der Waals surface area contributed by atoms with E-state index in [0.717, 1.165) is 35.3 Å². The second-order valence-corrected chi connectivity index (χ2v) is 8.55. The van der Waals surface area contributed by atoms with Crippen LogP contribution in [0.15, 0.2) is 48.7 Å². The van der Waals surface area contributed by atoms with Crippen LogP contribution in [0.5, 0.6) is 0 Å². The lowest BCUT2D eigenvalue weighted by Crippen LogP contribution is -2.40. The van der Waals surface area contributed by atoms with Gasteiger partial charge in [-0.05, 0) is 48.6 Å². The van der Waals surface area contributed by atoms with Crippen molar-refractivity contribution in [2.24, 2.45) is 0 Å². The van der Waals surface area contributed by atoms with E-state index in [1.807, 2.05) is 37.3 Å². The van der Waals surface area contributed by atoms with E-state index >= 15 is 0 Å². The lowest BCUT2D eigenvalue weighted by molar-refractivity contribution is -0.141. The number of halogens is 3. The zero-order valence-corrected chi connectivity index (χ0v) is 20.3. The molecule has 3 rings (SSSR count). The van der Waals surface area contributed by atoms with Crippen LogP contribution in [0.25, 0.3) is 5.52 Å². The number of fused-ring (bicyclic) bond motifs is 1. The number of ether oxygens (including phenoxy) is 1. The Morgan fingerprint density at radius 1 is 1.03 bits per heavy atom. The predicted octanol–water partition coefficient (Wildman–Crippen LogP) is 5.73. The highest BCUT2D eigenvalue weighted by atomic mass is 19.4. The second-order valence-electron chi connectivity index (χ2n) is 8.55. The van der Waals surface area contributed by atoms with Gasteiger partial charge in [-0.2, -0.15) is 13.2 Å². The van der Waals surface area contributed by atoms with Crippen molar-refractivity contribution in [2.45, 2.75) is 45.7 Å². The van der Waals surface area contributed by atoms with Gasteiger partial charge in [-0.25, -0.2) is 0 Å². The SMILES string of the molecule is CCCCc1cc2cc(C(=O)N(CCOC)CC(F)(F)F)ccn2c1C(=O)c1ccc(CC)cc1. The third kappa shape index (κ3) is 6.51. The Hall–Kier alpha value is -3.13. The normalized spacial score (nSPS) is 11.7. The smallest absolute Gasteiger partial charge is 0.383 e. The number of nitrogens with zero attached hydrogens (tertiary/aromatic N) is 2. The van der Waals surface area contributed by atoms with E-state index in [9.17, 15) is 22.8 Å². The van der Waals surface area contributed by atoms with Gasteiger partial charge in [-0.15, -0.1) is 0 Å². The van der Waals surface area contributed by atoms with Crippen LogP contribution in [-0.4, -0.2) is 54.0 Å². The maximum atomic E-state index is 13.5. The average Bonchev–Trinajstić information content (AvgIpc) is 3.21. The summed E-state index contributed by atoms with van der Waals surface area (Å²) in [6.07, 6.45) is 0.450. The Kier molecular flexibility index (Phi) is 8.72. The van der Waals surface area contributed by atoms with E-state index in [1.165, 1.54) is 13.2 Å². The minimum absolute atomic E-state index is 0.00811. The molecule has 188 valence electrons. The molecule has 35 heavy (non-hydrogen) atoms. The Morgan fingerprint density at radius 2 is 1.74 bits per heavy atom. The van der Waals surface area contributed by atoms with E-state index in [0.29, 0.717) is 23.2 Å². The van der Waals surface area contributed by atoms with E-state index < -0.39 is 18.6 Å². The first-order valence-corrected chi connectivity index (χ1v) is 11.8. The number of aryl methyl sites for hydroxylation is 2. The second kappa shape index (κ2) is 11.5. The molecule has 8 heteroatoms. The summed E-state index contributed by atoms with van der Waals surface area (Å²) in [6.45, 7) is 2.56. The molecule has 3 aromatic rings. The van der Waals surface area contributed by atoms with Gasteiger partial charge in [-0.3, -0.25) is 9.59 Å². The maximum absolute atomic E-state index is 13.5. The zero-order valence-electron chi connectivity index (χ0n) is 20.3. The number of benzene rings is 1. The van der Waals surface area contributed by atoms with Crippen LogP contribution in [0, 0.1) is 0 Å². The third-order valence-electron chi connectivity index (χ3n) is 5.96.